The third-order valence-corrected chi connectivity index (χ3v) is 6.47. The molecule has 2 fully saturated rings. The Bertz CT molecular complexity index is 701. The van der Waals surface area contributed by atoms with Crippen molar-refractivity contribution in [2.75, 3.05) is 24.6 Å². The van der Waals surface area contributed by atoms with Crippen LogP contribution in [0.15, 0.2) is 24.3 Å². The highest BCUT2D eigenvalue weighted by Gasteiger charge is 2.47. The number of nitrogens with one attached hydrogen (secondary N) is 2. The lowest BCUT2D eigenvalue weighted by molar-refractivity contribution is -0.135. The number of benzene rings is 1. The van der Waals surface area contributed by atoms with Crippen molar-refractivity contribution in [3.05, 3.63) is 34.9 Å². The summed E-state index contributed by atoms with van der Waals surface area (Å²) in [5.41, 5.74) is 0.380. The van der Waals surface area contributed by atoms with Crippen LogP contribution in [0.4, 0.5) is 0 Å². The molecule has 126 valence electrons. The first-order valence-corrected chi connectivity index (χ1v) is 9.64. The molecule has 0 aromatic heterocycles. The van der Waals surface area contributed by atoms with Gasteiger partial charge in [-0.2, -0.15) is 0 Å². The first kappa shape index (κ1) is 16.7. The Hall–Kier alpha value is -1.15. The fourth-order valence-electron chi connectivity index (χ4n) is 3.07. The van der Waals surface area contributed by atoms with Crippen LogP contribution in [0.2, 0.25) is 5.02 Å². The van der Waals surface area contributed by atoms with E-state index in [1.165, 1.54) is 0 Å². The number of amides is 1. The summed E-state index contributed by atoms with van der Waals surface area (Å²) >= 11 is 5.87. The molecule has 2 heterocycles. The van der Waals surface area contributed by atoms with E-state index >= 15 is 0 Å². The average molecular weight is 359 g/mol. The summed E-state index contributed by atoms with van der Waals surface area (Å²) in [5.74, 6) is -0.711. The molecule has 0 unspecified atom stereocenters. The van der Waals surface area contributed by atoms with Gasteiger partial charge in [0.1, 0.15) is 0 Å². The lowest BCUT2D eigenvalue weighted by Gasteiger charge is -2.42. The van der Waals surface area contributed by atoms with E-state index in [4.69, 9.17) is 11.6 Å². The predicted octanol–water partition coefficient (Wildman–Crippen LogP) is -0.254. The zero-order valence-electron chi connectivity index (χ0n) is 12.5. The van der Waals surface area contributed by atoms with Crippen molar-refractivity contribution in [3.63, 3.8) is 0 Å². The number of aliphatic hydroxyl groups is 1. The van der Waals surface area contributed by atoms with Crippen LogP contribution in [0, 0.1) is 5.41 Å². The monoisotopic (exact) mass is 358 g/mol. The SMILES string of the molecule is O=C(N[C@@H]1CS(=O)(=O)C[C@H]1O)C1(Cc2ccc(Cl)cc2)CNC1. The second-order valence-electron chi connectivity index (χ2n) is 6.41. The second-order valence-corrected chi connectivity index (χ2v) is 9.00. The molecule has 3 rings (SSSR count). The number of aliphatic hydroxyl groups excluding tert-OH is 1. The van der Waals surface area contributed by atoms with Crippen molar-refractivity contribution in [2.24, 2.45) is 5.41 Å². The van der Waals surface area contributed by atoms with Crippen molar-refractivity contribution in [2.45, 2.75) is 18.6 Å². The van der Waals surface area contributed by atoms with Crippen molar-refractivity contribution >= 4 is 27.3 Å². The van der Waals surface area contributed by atoms with Gasteiger partial charge in [-0.1, -0.05) is 23.7 Å². The number of hydrogen-bond donors (Lipinski definition) is 3. The Morgan fingerprint density at radius 3 is 2.43 bits per heavy atom. The first-order valence-electron chi connectivity index (χ1n) is 7.44. The zero-order chi connectivity index (χ0) is 16.7. The second kappa shape index (κ2) is 6.05. The highest BCUT2D eigenvalue weighted by molar-refractivity contribution is 7.91. The molecule has 0 aliphatic carbocycles. The fourth-order valence-corrected chi connectivity index (χ4v) is 4.94. The molecular formula is C15H19ClN2O4S. The summed E-state index contributed by atoms with van der Waals surface area (Å²) in [7, 11) is -3.28. The molecule has 2 saturated heterocycles. The number of sulfone groups is 1. The van der Waals surface area contributed by atoms with Gasteiger partial charge in [0, 0.05) is 18.1 Å². The number of hydrogen-bond acceptors (Lipinski definition) is 5. The van der Waals surface area contributed by atoms with Gasteiger partial charge in [0.05, 0.1) is 29.1 Å². The summed E-state index contributed by atoms with van der Waals surface area (Å²) in [6, 6.07) is 6.59. The number of carbonyl (C=O) groups excluding carboxylic acids is 1. The Balaban J connectivity index is 1.70. The minimum absolute atomic E-state index is 0.204. The van der Waals surface area contributed by atoms with Crippen LogP contribution in [0.5, 0.6) is 0 Å². The summed E-state index contributed by atoms with van der Waals surface area (Å²) in [5, 5.41) is 16.3. The van der Waals surface area contributed by atoms with Gasteiger partial charge in [0.2, 0.25) is 5.91 Å². The minimum atomic E-state index is -3.28. The van der Waals surface area contributed by atoms with E-state index in [0.717, 1.165) is 5.56 Å². The fraction of sp³-hybridized carbons (Fsp3) is 0.533. The van der Waals surface area contributed by atoms with Gasteiger partial charge in [-0.3, -0.25) is 4.79 Å². The standard InChI is InChI=1S/C15H19ClN2O4S/c16-11-3-1-10(2-4-11)5-15(8-17-9-15)14(20)18-12-6-23(21,22)7-13(12)19/h1-4,12-13,17,19H,5-9H2,(H,18,20)/t12-,13-/m1/s1. The molecule has 6 nitrogen and oxygen atoms in total. The first-order chi connectivity index (χ1) is 10.8. The third-order valence-electron chi connectivity index (χ3n) is 4.50. The van der Waals surface area contributed by atoms with Crippen LogP contribution < -0.4 is 10.6 Å². The molecule has 1 amide bonds. The van der Waals surface area contributed by atoms with Crippen molar-refractivity contribution in [1.82, 2.24) is 10.6 Å². The number of carbonyl (C=O) groups is 1. The molecule has 0 bridgehead atoms. The van der Waals surface area contributed by atoms with Gasteiger partial charge in [0.15, 0.2) is 9.84 Å². The molecule has 2 aliphatic rings. The molecule has 0 radical (unpaired) electrons. The van der Waals surface area contributed by atoms with Crippen molar-refractivity contribution in [3.8, 4) is 0 Å². The van der Waals surface area contributed by atoms with Crippen molar-refractivity contribution in [1.29, 1.82) is 0 Å². The van der Waals surface area contributed by atoms with Gasteiger partial charge in [0.25, 0.3) is 0 Å². The van der Waals surface area contributed by atoms with E-state index in [0.29, 0.717) is 24.5 Å². The van der Waals surface area contributed by atoms with E-state index in [1.807, 2.05) is 12.1 Å². The van der Waals surface area contributed by atoms with E-state index in [1.54, 1.807) is 12.1 Å². The Morgan fingerprint density at radius 2 is 1.96 bits per heavy atom. The van der Waals surface area contributed by atoms with E-state index in [2.05, 4.69) is 10.6 Å². The zero-order valence-corrected chi connectivity index (χ0v) is 14.0. The summed E-state index contributed by atoms with van der Waals surface area (Å²) < 4.78 is 23.1. The molecular weight excluding hydrogens is 340 g/mol. The van der Waals surface area contributed by atoms with E-state index < -0.39 is 27.4 Å². The van der Waals surface area contributed by atoms with Gasteiger partial charge in [-0.05, 0) is 24.1 Å². The third kappa shape index (κ3) is 3.52. The number of halogens is 1. The van der Waals surface area contributed by atoms with Crippen LogP contribution in [-0.2, 0) is 21.1 Å². The topological polar surface area (TPSA) is 95.5 Å². The van der Waals surface area contributed by atoms with Crippen LogP contribution in [0.3, 0.4) is 0 Å². The Labute approximate surface area is 140 Å². The Morgan fingerprint density at radius 1 is 1.30 bits per heavy atom. The van der Waals surface area contributed by atoms with Crippen molar-refractivity contribution < 1.29 is 18.3 Å². The molecule has 23 heavy (non-hydrogen) atoms. The molecule has 1 aromatic rings. The van der Waals surface area contributed by atoms with Gasteiger partial charge < -0.3 is 15.7 Å². The minimum Gasteiger partial charge on any atom is -0.390 e. The maximum atomic E-state index is 12.6. The summed E-state index contributed by atoms with van der Waals surface area (Å²) in [6.07, 6.45) is -0.497. The quantitative estimate of drug-likeness (QED) is 0.689. The highest BCUT2D eigenvalue weighted by atomic mass is 35.5. The summed E-state index contributed by atoms with van der Waals surface area (Å²) in [4.78, 5) is 12.6. The van der Waals surface area contributed by atoms with Gasteiger partial charge in [-0.25, -0.2) is 8.42 Å². The van der Waals surface area contributed by atoms with Crippen LogP contribution in [0.25, 0.3) is 0 Å². The Kier molecular flexibility index (Phi) is 4.39. The van der Waals surface area contributed by atoms with Gasteiger partial charge in [-0.15, -0.1) is 0 Å². The molecule has 8 heteroatoms. The highest BCUT2D eigenvalue weighted by Crippen LogP contribution is 2.29. The number of rotatable bonds is 4. The predicted molar refractivity (Wildman–Crippen MR) is 87.1 cm³/mol. The van der Waals surface area contributed by atoms with Crippen LogP contribution in [-0.4, -0.2) is 56.2 Å². The van der Waals surface area contributed by atoms with Crippen LogP contribution >= 0.6 is 11.6 Å². The smallest absolute Gasteiger partial charge is 0.229 e. The van der Waals surface area contributed by atoms with E-state index in [9.17, 15) is 18.3 Å². The van der Waals surface area contributed by atoms with Gasteiger partial charge >= 0.3 is 0 Å². The molecule has 3 N–H and O–H groups in total. The largest absolute Gasteiger partial charge is 0.390 e. The lowest BCUT2D eigenvalue weighted by atomic mass is 9.75. The maximum absolute atomic E-state index is 12.6. The molecule has 2 atom stereocenters. The van der Waals surface area contributed by atoms with Crippen LogP contribution in [0.1, 0.15) is 5.56 Å². The molecule has 2 aliphatic heterocycles. The lowest BCUT2D eigenvalue weighted by Crippen LogP contribution is -2.64. The van der Waals surface area contributed by atoms with E-state index in [-0.39, 0.29) is 17.4 Å². The normalized spacial score (nSPS) is 28.1. The molecule has 1 aromatic carbocycles. The summed E-state index contributed by atoms with van der Waals surface area (Å²) in [6.45, 7) is 1.05. The maximum Gasteiger partial charge on any atom is 0.229 e. The molecule has 0 spiro atoms. The average Bonchev–Trinajstić information content (AvgIpc) is 2.68. The molecule has 0 saturated carbocycles.